The van der Waals surface area contributed by atoms with Crippen molar-refractivity contribution < 1.29 is 0 Å². The average molecular weight is 274 g/mol. The number of hydrogen-bond donors (Lipinski definition) is 0. The fraction of sp³-hybridized carbons (Fsp3) is 0.125. The van der Waals surface area contributed by atoms with E-state index in [1.807, 2.05) is 13.2 Å². The minimum atomic E-state index is 0.402. The molecule has 14 heavy (non-hydrogen) atoms. The van der Waals surface area contributed by atoms with E-state index in [0.29, 0.717) is 15.5 Å². The second kappa shape index (κ2) is 3.67. The molecule has 0 aliphatic rings. The molecule has 0 aromatic carbocycles. The lowest BCUT2D eigenvalue weighted by molar-refractivity contribution is 0.768. The number of halogens is 2. The molecule has 0 aliphatic carbocycles. The highest BCUT2D eigenvalue weighted by molar-refractivity contribution is 9.10. The minimum Gasteiger partial charge on any atom is -0.275 e. The van der Waals surface area contributed by atoms with Gasteiger partial charge in [-0.15, -0.1) is 0 Å². The fourth-order valence-corrected chi connectivity index (χ4v) is 1.34. The first kappa shape index (κ1) is 9.61. The molecule has 0 fully saturated rings. The van der Waals surface area contributed by atoms with E-state index in [4.69, 9.17) is 11.6 Å². The molecule has 2 aromatic rings. The zero-order valence-corrected chi connectivity index (χ0v) is 9.62. The van der Waals surface area contributed by atoms with Crippen LogP contribution in [-0.2, 0) is 7.05 Å². The quantitative estimate of drug-likeness (QED) is 0.749. The van der Waals surface area contributed by atoms with E-state index >= 15 is 0 Å². The Kier molecular flexibility index (Phi) is 2.52. The van der Waals surface area contributed by atoms with Gasteiger partial charge >= 0.3 is 0 Å². The Morgan fingerprint density at radius 1 is 1.43 bits per heavy atom. The SMILES string of the molecule is Cn1cc(-c2ncc(Br)c(Cl)n2)cn1. The molecule has 0 aliphatic heterocycles. The molecule has 0 radical (unpaired) electrons. The zero-order valence-electron chi connectivity index (χ0n) is 7.28. The molecule has 0 unspecified atom stereocenters. The predicted molar refractivity (Wildman–Crippen MR) is 56.9 cm³/mol. The number of nitrogens with zero attached hydrogens (tertiary/aromatic N) is 4. The second-order valence-electron chi connectivity index (χ2n) is 2.74. The monoisotopic (exact) mass is 272 g/mol. The maximum absolute atomic E-state index is 5.85. The molecule has 2 aromatic heterocycles. The molecule has 0 bridgehead atoms. The van der Waals surface area contributed by atoms with Gasteiger partial charge < -0.3 is 0 Å². The van der Waals surface area contributed by atoms with Gasteiger partial charge in [0.15, 0.2) is 5.82 Å². The summed E-state index contributed by atoms with van der Waals surface area (Å²) >= 11 is 9.07. The lowest BCUT2D eigenvalue weighted by atomic mass is 10.3. The Bertz CT molecular complexity index is 468. The van der Waals surface area contributed by atoms with Crippen LogP contribution in [0.4, 0.5) is 0 Å². The van der Waals surface area contributed by atoms with Crippen LogP contribution in [0.1, 0.15) is 0 Å². The van der Waals surface area contributed by atoms with Crippen LogP contribution in [-0.4, -0.2) is 19.7 Å². The van der Waals surface area contributed by atoms with E-state index in [9.17, 15) is 0 Å². The zero-order chi connectivity index (χ0) is 10.1. The number of aryl methyl sites for hydroxylation is 1. The van der Waals surface area contributed by atoms with Crippen LogP contribution >= 0.6 is 27.5 Å². The largest absolute Gasteiger partial charge is 0.275 e. The summed E-state index contributed by atoms with van der Waals surface area (Å²) < 4.78 is 2.38. The first-order chi connectivity index (χ1) is 6.66. The lowest BCUT2D eigenvalue weighted by Gasteiger charge is -1.97. The van der Waals surface area contributed by atoms with Gasteiger partial charge in [0.1, 0.15) is 5.15 Å². The third-order valence-corrected chi connectivity index (χ3v) is 2.76. The number of rotatable bonds is 1. The number of aromatic nitrogens is 4. The van der Waals surface area contributed by atoms with E-state index in [1.54, 1.807) is 17.1 Å². The smallest absolute Gasteiger partial charge is 0.164 e. The molecule has 0 N–H and O–H groups in total. The van der Waals surface area contributed by atoms with Gasteiger partial charge in [0.2, 0.25) is 0 Å². The summed E-state index contributed by atoms with van der Waals surface area (Å²) in [5, 5.41) is 4.43. The van der Waals surface area contributed by atoms with Gasteiger partial charge in [0, 0.05) is 19.4 Å². The normalized spacial score (nSPS) is 10.5. The minimum absolute atomic E-state index is 0.402. The van der Waals surface area contributed by atoms with E-state index in [2.05, 4.69) is 31.0 Å². The molecule has 0 amide bonds. The molecule has 2 heterocycles. The third kappa shape index (κ3) is 1.78. The summed E-state index contributed by atoms with van der Waals surface area (Å²) in [6.45, 7) is 0. The van der Waals surface area contributed by atoms with Crippen LogP contribution in [0.5, 0.6) is 0 Å². The van der Waals surface area contributed by atoms with Gasteiger partial charge in [-0.1, -0.05) is 11.6 Å². The highest BCUT2D eigenvalue weighted by Crippen LogP contribution is 2.22. The van der Waals surface area contributed by atoms with Crippen LogP contribution in [0.15, 0.2) is 23.1 Å². The lowest BCUT2D eigenvalue weighted by Crippen LogP contribution is -1.88. The van der Waals surface area contributed by atoms with Crippen LogP contribution in [0.3, 0.4) is 0 Å². The van der Waals surface area contributed by atoms with Gasteiger partial charge in [-0.25, -0.2) is 9.97 Å². The van der Waals surface area contributed by atoms with E-state index in [1.165, 1.54) is 0 Å². The van der Waals surface area contributed by atoms with Crippen molar-refractivity contribution in [2.75, 3.05) is 0 Å². The Balaban J connectivity index is 2.47. The molecule has 0 spiro atoms. The summed E-state index contributed by atoms with van der Waals surface area (Å²) in [5.41, 5.74) is 0.849. The van der Waals surface area contributed by atoms with E-state index in [0.717, 1.165) is 5.56 Å². The molecule has 4 nitrogen and oxygen atoms in total. The molecule has 0 saturated carbocycles. The van der Waals surface area contributed by atoms with E-state index in [-0.39, 0.29) is 0 Å². The van der Waals surface area contributed by atoms with Crippen molar-refractivity contribution in [3.05, 3.63) is 28.2 Å². The molecule has 72 valence electrons. The molecular weight excluding hydrogens is 267 g/mol. The van der Waals surface area contributed by atoms with Crippen molar-refractivity contribution in [2.24, 2.45) is 7.05 Å². The van der Waals surface area contributed by atoms with Crippen molar-refractivity contribution in [2.45, 2.75) is 0 Å². The van der Waals surface area contributed by atoms with Crippen molar-refractivity contribution >= 4 is 27.5 Å². The van der Waals surface area contributed by atoms with Crippen molar-refractivity contribution in [1.82, 2.24) is 19.7 Å². The summed E-state index contributed by atoms with van der Waals surface area (Å²) in [5.74, 6) is 0.575. The standard InChI is InChI=1S/C8H6BrClN4/c1-14-4-5(2-12-14)8-11-3-6(9)7(10)13-8/h2-4H,1H3. The fourth-order valence-electron chi connectivity index (χ4n) is 1.02. The first-order valence-electron chi connectivity index (χ1n) is 3.84. The number of hydrogen-bond acceptors (Lipinski definition) is 3. The topological polar surface area (TPSA) is 43.6 Å². The van der Waals surface area contributed by atoms with Gasteiger partial charge in [-0.3, -0.25) is 4.68 Å². The van der Waals surface area contributed by atoms with Crippen molar-refractivity contribution in [1.29, 1.82) is 0 Å². The maximum atomic E-state index is 5.85. The Hall–Kier alpha value is -0.940. The molecular formula is C8H6BrClN4. The van der Waals surface area contributed by atoms with Gasteiger partial charge in [-0.2, -0.15) is 5.10 Å². The summed E-state index contributed by atoms with van der Waals surface area (Å²) in [6, 6.07) is 0. The van der Waals surface area contributed by atoms with Crippen LogP contribution in [0.2, 0.25) is 5.15 Å². The van der Waals surface area contributed by atoms with Crippen molar-refractivity contribution in [3.63, 3.8) is 0 Å². The molecule has 6 heteroatoms. The predicted octanol–water partition coefficient (Wildman–Crippen LogP) is 2.29. The van der Waals surface area contributed by atoms with Gasteiger partial charge in [-0.05, 0) is 15.9 Å². The maximum Gasteiger partial charge on any atom is 0.164 e. The highest BCUT2D eigenvalue weighted by atomic mass is 79.9. The molecule has 0 saturated heterocycles. The van der Waals surface area contributed by atoms with Crippen LogP contribution < -0.4 is 0 Å². The van der Waals surface area contributed by atoms with Crippen LogP contribution in [0, 0.1) is 0 Å². The van der Waals surface area contributed by atoms with Crippen LogP contribution in [0.25, 0.3) is 11.4 Å². The third-order valence-electron chi connectivity index (χ3n) is 1.66. The summed E-state index contributed by atoms with van der Waals surface area (Å²) in [4.78, 5) is 8.24. The second-order valence-corrected chi connectivity index (χ2v) is 3.95. The average Bonchev–Trinajstić information content (AvgIpc) is 2.57. The Morgan fingerprint density at radius 3 is 2.79 bits per heavy atom. The van der Waals surface area contributed by atoms with Gasteiger partial charge in [0.05, 0.1) is 16.2 Å². The molecule has 2 rings (SSSR count). The first-order valence-corrected chi connectivity index (χ1v) is 5.01. The van der Waals surface area contributed by atoms with E-state index < -0.39 is 0 Å². The highest BCUT2D eigenvalue weighted by Gasteiger charge is 2.06. The summed E-state index contributed by atoms with van der Waals surface area (Å²) in [6.07, 6.45) is 5.15. The Labute approximate surface area is 94.1 Å². The molecule has 0 atom stereocenters. The Morgan fingerprint density at radius 2 is 2.21 bits per heavy atom. The van der Waals surface area contributed by atoms with Gasteiger partial charge in [0.25, 0.3) is 0 Å². The summed E-state index contributed by atoms with van der Waals surface area (Å²) in [7, 11) is 1.84. The van der Waals surface area contributed by atoms with Crippen molar-refractivity contribution in [3.8, 4) is 11.4 Å².